The van der Waals surface area contributed by atoms with Gasteiger partial charge in [0.25, 0.3) is 0 Å². The average molecular weight is 457 g/mol. The number of hydrogen-bond donors (Lipinski definition) is 2. The lowest BCUT2D eigenvalue weighted by atomic mass is 9.32. The van der Waals surface area contributed by atoms with E-state index in [0.717, 1.165) is 24.3 Å². The third-order valence-corrected chi connectivity index (χ3v) is 13.3. The molecule has 0 aromatic rings. The monoisotopic (exact) mass is 456 g/mol. The number of aliphatic hydroxyl groups excluding tert-OH is 1. The minimum atomic E-state index is -0.981. The number of aliphatic hydroxyl groups is 1. The fraction of sp³-hybridized carbons (Fsp3) is 0.900. The molecule has 0 aliphatic heterocycles. The first-order chi connectivity index (χ1) is 15.3. The molecule has 10 atom stereocenters. The number of carboxylic acids is 1. The van der Waals surface area contributed by atoms with Crippen molar-refractivity contribution in [3.05, 3.63) is 12.2 Å². The van der Waals surface area contributed by atoms with Crippen molar-refractivity contribution in [3.8, 4) is 0 Å². The van der Waals surface area contributed by atoms with Crippen molar-refractivity contribution in [2.45, 2.75) is 112 Å². The number of fused-ring (bicyclic) bond motifs is 7. The van der Waals surface area contributed by atoms with E-state index in [9.17, 15) is 15.0 Å². The van der Waals surface area contributed by atoms with Crippen LogP contribution in [0.4, 0.5) is 0 Å². The maximum absolute atomic E-state index is 12.8. The summed E-state index contributed by atoms with van der Waals surface area (Å²) in [5, 5.41) is 22.2. The second-order valence-corrected chi connectivity index (χ2v) is 14.6. The van der Waals surface area contributed by atoms with Crippen molar-refractivity contribution in [1.82, 2.24) is 0 Å². The Morgan fingerprint density at radius 2 is 1.58 bits per heavy atom. The lowest BCUT2D eigenvalue weighted by Gasteiger charge is -2.72. The van der Waals surface area contributed by atoms with Crippen LogP contribution in [-0.4, -0.2) is 22.3 Å². The Morgan fingerprint density at radius 1 is 0.879 bits per heavy atom. The van der Waals surface area contributed by atoms with Gasteiger partial charge in [-0.15, -0.1) is 0 Å². The van der Waals surface area contributed by atoms with Gasteiger partial charge in [0.2, 0.25) is 0 Å². The van der Waals surface area contributed by atoms with Gasteiger partial charge in [-0.3, -0.25) is 4.79 Å². The van der Waals surface area contributed by atoms with Gasteiger partial charge in [-0.25, -0.2) is 0 Å². The molecule has 0 heterocycles. The number of aliphatic carboxylic acids is 1. The van der Waals surface area contributed by atoms with E-state index in [4.69, 9.17) is 0 Å². The zero-order chi connectivity index (χ0) is 24.2. The maximum Gasteiger partial charge on any atom is 0.312 e. The summed E-state index contributed by atoms with van der Waals surface area (Å²) < 4.78 is 0. The van der Waals surface area contributed by atoms with Crippen LogP contribution in [0.2, 0.25) is 0 Å². The predicted molar refractivity (Wildman–Crippen MR) is 133 cm³/mol. The van der Waals surface area contributed by atoms with Crippen LogP contribution in [0.15, 0.2) is 12.2 Å². The number of carbonyl (C=O) groups is 1. The number of carboxylic acid groups (broad SMARTS) is 1. The number of rotatable bonds is 2. The summed E-state index contributed by atoms with van der Waals surface area (Å²) in [4.78, 5) is 12.8. The topological polar surface area (TPSA) is 57.5 Å². The Labute approximate surface area is 201 Å². The van der Waals surface area contributed by atoms with Crippen molar-refractivity contribution in [3.63, 3.8) is 0 Å². The minimum Gasteiger partial charge on any atom is -0.481 e. The van der Waals surface area contributed by atoms with Crippen LogP contribution >= 0.6 is 0 Å². The van der Waals surface area contributed by atoms with E-state index >= 15 is 0 Å². The molecular weight excluding hydrogens is 408 g/mol. The highest BCUT2D eigenvalue weighted by molar-refractivity contribution is 5.77. The van der Waals surface area contributed by atoms with Gasteiger partial charge in [-0.1, -0.05) is 53.2 Å². The smallest absolute Gasteiger partial charge is 0.312 e. The first kappa shape index (κ1) is 23.9. The molecule has 5 fully saturated rings. The van der Waals surface area contributed by atoms with Gasteiger partial charge < -0.3 is 10.2 Å². The van der Waals surface area contributed by atoms with E-state index in [1.165, 1.54) is 38.5 Å². The first-order valence-electron chi connectivity index (χ1n) is 13.8. The maximum atomic E-state index is 12.8. The van der Waals surface area contributed by atoms with Crippen LogP contribution in [0, 0.1) is 56.7 Å². The molecule has 0 spiro atoms. The van der Waals surface area contributed by atoms with Crippen molar-refractivity contribution < 1.29 is 15.0 Å². The zero-order valence-corrected chi connectivity index (χ0v) is 22.0. The van der Waals surface area contributed by atoms with Gasteiger partial charge in [0.15, 0.2) is 0 Å². The fourth-order valence-electron chi connectivity index (χ4n) is 11.7. The SMILES string of the molecule is C=C(C)[C@@H]1CC[C@@]2(C(=O)O)[C@H]1[C@H]1CC[C@@H]3[C@@]4(C)CCCC(C)(C)[C@@H]4CC[C@@]3(C)[C@]1(C)C[C@@H]2O. The summed E-state index contributed by atoms with van der Waals surface area (Å²) in [6, 6.07) is 0. The van der Waals surface area contributed by atoms with Crippen LogP contribution in [0.3, 0.4) is 0 Å². The van der Waals surface area contributed by atoms with Gasteiger partial charge >= 0.3 is 5.97 Å². The predicted octanol–water partition coefficient (Wildman–Crippen LogP) is 7.09. The quantitative estimate of drug-likeness (QED) is 0.436. The minimum absolute atomic E-state index is 0.0207. The lowest BCUT2D eigenvalue weighted by Crippen LogP contribution is -2.68. The molecule has 3 nitrogen and oxygen atoms in total. The van der Waals surface area contributed by atoms with Crippen LogP contribution in [0.1, 0.15) is 106 Å². The Morgan fingerprint density at radius 3 is 2.21 bits per heavy atom. The van der Waals surface area contributed by atoms with Crippen molar-refractivity contribution in [1.29, 1.82) is 0 Å². The van der Waals surface area contributed by atoms with Gasteiger partial charge in [-0.2, -0.15) is 0 Å². The standard InChI is InChI=1S/C30H48O3/c1-18(2)19-11-16-30(25(32)33)23(31)17-29(7)20(24(19)30)9-10-22-27(5)14-8-13-26(3,4)21(27)12-15-28(22,29)6/h19-24,31H,1,8-17H2,2-7H3,(H,32,33)/t19-,20+,21-,22+,23-,24+,27-,28+,29+,30-/m0/s1. The highest BCUT2D eigenvalue weighted by Gasteiger charge is 2.73. The molecule has 5 rings (SSSR count). The molecule has 33 heavy (non-hydrogen) atoms. The molecule has 0 aromatic heterocycles. The van der Waals surface area contributed by atoms with Gasteiger partial charge in [0.05, 0.1) is 11.5 Å². The van der Waals surface area contributed by atoms with Gasteiger partial charge in [0.1, 0.15) is 0 Å². The molecule has 5 aliphatic carbocycles. The van der Waals surface area contributed by atoms with Crippen LogP contribution in [-0.2, 0) is 4.79 Å². The van der Waals surface area contributed by atoms with E-state index in [1.54, 1.807) is 0 Å². The summed E-state index contributed by atoms with van der Waals surface area (Å²) in [7, 11) is 0. The van der Waals surface area contributed by atoms with E-state index in [1.807, 2.05) is 0 Å². The van der Waals surface area contributed by atoms with Crippen molar-refractivity contribution in [2.24, 2.45) is 56.7 Å². The van der Waals surface area contributed by atoms with E-state index < -0.39 is 17.5 Å². The Balaban J connectivity index is 1.60. The molecule has 0 unspecified atom stereocenters. The molecule has 0 aromatic carbocycles. The zero-order valence-electron chi connectivity index (χ0n) is 22.0. The third kappa shape index (κ3) is 2.75. The summed E-state index contributed by atoms with van der Waals surface area (Å²) in [5.41, 5.74) is 1.04. The van der Waals surface area contributed by atoms with E-state index in [-0.39, 0.29) is 22.7 Å². The van der Waals surface area contributed by atoms with E-state index in [2.05, 4.69) is 48.1 Å². The van der Waals surface area contributed by atoms with E-state index in [0.29, 0.717) is 35.5 Å². The first-order valence-corrected chi connectivity index (χ1v) is 13.8. The molecule has 0 bridgehead atoms. The molecular formula is C30H48O3. The second-order valence-electron chi connectivity index (χ2n) is 14.6. The largest absolute Gasteiger partial charge is 0.481 e. The molecule has 2 N–H and O–H groups in total. The third-order valence-electron chi connectivity index (χ3n) is 13.3. The highest BCUT2D eigenvalue weighted by atomic mass is 16.4. The van der Waals surface area contributed by atoms with Crippen LogP contribution in [0.5, 0.6) is 0 Å². The molecule has 0 amide bonds. The van der Waals surface area contributed by atoms with Gasteiger partial charge in [-0.05, 0) is 116 Å². The summed E-state index contributed by atoms with van der Waals surface area (Å²) >= 11 is 0. The number of allylic oxidation sites excluding steroid dienone is 1. The fourth-order valence-corrected chi connectivity index (χ4v) is 11.7. The summed E-state index contributed by atoms with van der Waals surface area (Å²) in [5.74, 6) is 1.28. The Hall–Kier alpha value is -0.830. The summed E-state index contributed by atoms with van der Waals surface area (Å²) in [6.07, 6.45) is 10.2. The Bertz CT molecular complexity index is 861. The molecule has 186 valence electrons. The van der Waals surface area contributed by atoms with Crippen molar-refractivity contribution in [2.75, 3.05) is 0 Å². The van der Waals surface area contributed by atoms with Crippen LogP contribution in [0.25, 0.3) is 0 Å². The lowest BCUT2D eigenvalue weighted by molar-refractivity contribution is -0.256. The Kier molecular flexibility index (Phi) is 5.15. The molecule has 0 saturated heterocycles. The second kappa shape index (κ2) is 7.11. The molecule has 0 radical (unpaired) electrons. The van der Waals surface area contributed by atoms with Crippen molar-refractivity contribution >= 4 is 5.97 Å². The average Bonchev–Trinajstić information content (AvgIpc) is 3.10. The molecule has 3 heteroatoms. The molecule has 5 aliphatic rings. The number of hydrogen-bond acceptors (Lipinski definition) is 2. The molecule has 5 saturated carbocycles. The normalized spacial score (nSPS) is 55.0. The highest BCUT2D eigenvalue weighted by Crippen LogP contribution is 2.77. The summed E-state index contributed by atoms with van der Waals surface area (Å²) in [6.45, 7) is 19.0. The van der Waals surface area contributed by atoms with Crippen LogP contribution < -0.4 is 0 Å². The van der Waals surface area contributed by atoms with Gasteiger partial charge in [0, 0.05) is 0 Å².